The van der Waals surface area contributed by atoms with Gasteiger partial charge in [0.15, 0.2) is 0 Å². The van der Waals surface area contributed by atoms with Gasteiger partial charge in [-0.25, -0.2) is 9.59 Å². The van der Waals surface area contributed by atoms with Gasteiger partial charge in [-0.2, -0.15) is 0 Å². The van der Waals surface area contributed by atoms with Gasteiger partial charge in [0.2, 0.25) is 0 Å². The van der Waals surface area contributed by atoms with Crippen molar-refractivity contribution >= 4 is 23.4 Å². The van der Waals surface area contributed by atoms with Gasteiger partial charge in [-0.3, -0.25) is 4.90 Å². The molecule has 26 heavy (non-hydrogen) atoms. The second kappa shape index (κ2) is 8.24. The first-order chi connectivity index (χ1) is 12.7. The SMILES string of the molecule is COc1ccccc1CCNC(=O)Nc1cccc(N2CCNC2=O)c1. The van der Waals surface area contributed by atoms with Crippen molar-refractivity contribution in [2.24, 2.45) is 0 Å². The van der Waals surface area contributed by atoms with Crippen molar-refractivity contribution in [1.29, 1.82) is 0 Å². The zero-order valence-electron chi connectivity index (χ0n) is 14.6. The minimum absolute atomic E-state index is 0.122. The van der Waals surface area contributed by atoms with Crippen LogP contribution in [0.4, 0.5) is 21.0 Å². The Bertz CT molecular complexity index is 794. The number of nitrogens with zero attached hydrogens (tertiary/aromatic N) is 1. The molecular formula is C19H22N4O3. The Morgan fingerprint density at radius 1 is 1.23 bits per heavy atom. The summed E-state index contributed by atoms with van der Waals surface area (Å²) in [5.41, 5.74) is 2.43. The predicted octanol–water partition coefficient (Wildman–Crippen LogP) is 2.59. The number of methoxy groups -OCH3 is 1. The summed E-state index contributed by atoms with van der Waals surface area (Å²) in [5.74, 6) is 0.811. The number of hydrogen-bond acceptors (Lipinski definition) is 3. The lowest BCUT2D eigenvalue weighted by Crippen LogP contribution is -2.31. The molecule has 3 N–H and O–H groups in total. The molecule has 0 saturated carbocycles. The van der Waals surface area contributed by atoms with Gasteiger partial charge in [-0.15, -0.1) is 0 Å². The summed E-state index contributed by atoms with van der Waals surface area (Å²) >= 11 is 0. The lowest BCUT2D eigenvalue weighted by atomic mass is 10.1. The van der Waals surface area contributed by atoms with Gasteiger partial charge in [0.05, 0.1) is 7.11 Å². The van der Waals surface area contributed by atoms with Gasteiger partial charge < -0.3 is 20.7 Å². The quantitative estimate of drug-likeness (QED) is 0.746. The minimum Gasteiger partial charge on any atom is -0.496 e. The summed E-state index contributed by atoms with van der Waals surface area (Å²) in [6.07, 6.45) is 0.672. The monoisotopic (exact) mass is 354 g/mol. The molecule has 1 aliphatic rings. The van der Waals surface area contributed by atoms with Crippen molar-refractivity contribution in [3.63, 3.8) is 0 Å². The maximum Gasteiger partial charge on any atom is 0.321 e. The number of benzene rings is 2. The standard InChI is InChI=1S/C19H22N4O3/c1-26-17-8-3-2-5-14(17)9-10-20-18(24)22-15-6-4-7-16(13-15)23-12-11-21-19(23)25/h2-8,13H,9-12H2,1H3,(H,21,25)(H2,20,22,24). The molecule has 2 aromatic carbocycles. The van der Waals surface area contributed by atoms with Gasteiger partial charge >= 0.3 is 12.1 Å². The molecule has 1 aliphatic heterocycles. The Hall–Kier alpha value is -3.22. The van der Waals surface area contributed by atoms with E-state index in [1.807, 2.05) is 36.4 Å². The van der Waals surface area contributed by atoms with E-state index in [-0.39, 0.29) is 12.1 Å². The largest absolute Gasteiger partial charge is 0.496 e. The van der Waals surface area contributed by atoms with Crippen molar-refractivity contribution in [2.45, 2.75) is 6.42 Å². The molecular weight excluding hydrogens is 332 g/mol. The number of carbonyl (C=O) groups excluding carboxylic acids is 2. The first kappa shape index (κ1) is 17.6. The molecule has 0 unspecified atom stereocenters. The predicted molar refractivity (Wildman–Crippen MR) is 101 cm³/mol. The molecule has 0 spiro atoms. The summed E-state index contributed by atoms with van der Waals surface area (Å²) in [6, 6.07) is 14.5. The Morgan fingerprint density at radius 2 is 2.08 bits per heavy atom. The number of hydrogen-bond donors (Lipinski definition) is 3. The molecule has 3 rings (SSSR count). The molecule has 0 atom stereocenters. The number of nitrogens with one attached hydrogen (secondary N) is 3. The highest BCUT2D eigenvalue weighted by atomic mass is 16.5. The Balaban J connectivity index is 1.53. The fraction of sp³-hybridized carbons (Fsp3) is 0.263. The van der Waals surface area contributed by atoms with Crippen LogP contribution in [-0.4, -0.2) is 38.8 Å². The molecule has 4 amide bonds. The van der Waals surface area contributed by atoms with E-state index in [0.717, 1.165) is 17.0 Å². The van der Waals surface area contributed by atoms with Crippen LogP contribution < -0.4 is 25.6 Å². The molecule has 7 heteroatoms. The number of rotatable bonds is 6. The van der Waals surface area contributed by atoms with E-state index >= 15 is 0 Å². The molecule has 0 aliphatic carbocycles. The molecule has 0 radical (unpaired) electrons. The van der Waals surface area contributed by atoms with Crippen molar-refractivity contribution < 1.29 is 14.3 Å². The minimum atomic E-state index is -0.289. The third-order valence-corrected chi connectivity index (χ3v) is 4.14. The number of carbonyl (C=O) groups is 2. The van der Waals surface area contributed by atoms with Crippen molar-refractivity contribution in [3.8, 4) is 5.75 Å². The zero-order chi connectivity index (χ0) is 18.4. The number of ether oxygens (including phenoxy) is 1. The van der Waals surface area contributed by atoms with Crippen LogP contribution in [0.1, 0.15) is 5.56 Å². The summed E-state index contributed by atoms with van der Waals surface area (Å²) in [6.45, 7) is 1.73. The maximum atomic E-state index is 12.1. The molecule has 1 fully saturated rings. The lowest BCUT2D eigenvalue weighted by molar-refractivity contribution is 0.251. The second-order valence-corrected chi connectivity index (χ2v) is 5.88. The average molecular weight is 354 g/mol. The molecule has 136 valence electrons. The van der Waals surface area contributed by atoms with E-state index < -0.39 is 0 Å². The highest BCUT2D eigenvalue weighted by molar-refractivity contribution is 5.95. The van der Waals surface area contributed by atoms with Crippen molar-refractivity contribution in [3.05, 3.63) is 54.1 Å². The first-order valence-corrected chi connectivity index (χ1v) is 8.49. The Morgan fingerprint density at radius 3 is 2.85 bits per heavy atom. The van der Waals surface area contributed by atoms with Gasteiger partial charge in [0.1, 0.15) is 5.75 Å². The topological polar surface area (TPSA) is 82.7 Å². The van der Waals surface area contributed by atoms with Crippen LogP contribution in [0.25, 0.3) is 0 Å². The fourth-order valence-corrected chi connectivity index (χ4v) is 2.87. The van der Waals surface area contributed by atoms with E-state index in [0.29, 0.717) is 31.7 Å². The van der Waals surface area contributed by atoms with Gasteiger partial charge in [-0.1, -0.05) is 24.3 Å². The van der Waals surface area contributed by atoms with Crippen LogP contribution >= 0.6 is 0 Å². The number of anilines is 2. The number of amides is 4. The van der Waals surface area contributed by atoms with Gasteiger partial charge in [0, 0.05) is 31.0 Å². The van der Waals surface area contributed by atoms with Gasteiger partial charge in [0.25, 0.3) is 0 Å². The fourth-order valence-electron chi connectivity index (χ4n) is 2.87. The third kappa shape index (κ3) is 4.24. The van der Waals surface area contributed by atoms with Crippen LogP contribution in [0.2, 0.25) is 0 Å². The van der Waals surface area contributed by atoms with E-state index in [1.54, 1.807) is 24.1 Å². The Kier molecular flexibility index (Phi) is 5.58. The van der Waals surface area contributed by atoms with Crippen LogP contribution in [-0.2, 0) is 6.42 Å². The summed E-state index contributed by atoms with van der Waals surface area (Å²) < 4.78 is 5.30. The lowest BCUT2D eigenvalue weighted by Gasteiger charge is -2.15. The molecule has 7 nitrogen and oxygen atoms in total. The normalized spacial score (nSPS) is 13.3. The van der Waals surface area contributed by atoms with E-state index in [9.17, 15) is 9.59 Å². The second-order valence-electron chi connectivity index (χ2n) is 5.88. The molecule has 0 bridgehead atoms. The zero-order valence-corrected chi connectivity index (χ0v) is 14.6. The molecule has 1 saturated heterocycles. The van der Waals surface area contributed by atoms with Crippen LogP contribution in [0.3, 0.4) is 0 Å². The van der Waals surface area contributed by atoms with Crippen LogP contribution in [0.15, 0.2) is 48.5 Å². The molecule has 0 aromatic heterocycles. The smallest absolute Gasteiger partial charge is 0.321 e. The summed E-state index contributed by atoms with van der Waals surface area (Å²) in [4.78, 5) is 25.5. The first-order valence-electron chi connectivity index (χ1n) is 8.49. The molecule has 1 heterocycles. The van der Waals surface area contributed by atoms with E-state index in [1.165, 1.54) is 0 Å². The highest BCUT2D eigenvalue weighted by Crippen LogP contribution is 2.21. The average Bonchev–Trinajstić information content (AvgIpc) is 3.08. The highest BCUT2D eigenvalue weighted by Gasteiger charge is 2.21. The van der Waals surface area contributed by atoms with Crippen LogP contribution in [0.5, 0.6) is 5.75 Å². The van der Waals surface area contributed by atoms with Gasteiger partial charge in [-0.05, 0) is 36.2 Å². The number of urea groups is 2. The number of para-hydroxylation sites is 1. The van der Waals surface area contributed by atoms with E-state index in [4.69, 9.17) is 4.74 Å². The Labute approximate surface area is 152 Å². The molecule has 2 aromatic rings. The van der Waals surface area contributed by atoms with Crippen LogP contribution in [0, 0.1) is 0 Å². The van der Waals surface area contributed by atoms with Crippen molar-refractivity contribution in [1.82, 2.24) is 10.6 Å². The van der Waals surface area contributed by atoms with E-state index in [2.05, 4.69) is 16.0 Å². The summed E-state index contributed by atoms with van der Waals surface area (Å²) in [7, 11) is 1.63. The third-order valence-electron chi connectivity index (χ3n) is 4.14. The summed E-state index contributed by atoms with van der Waals surface area (Å²) in [5, 5.41) is 8.38. The maximum absolute atomic E-state index is 12.1. The van der Waals surface area contributed by atoms with Crippen molar-refractivity contribution in [2.75, 3.05) is 37.0 Å².